The Hall–Kier alpha value is -1.85. The Morgan fingerprint density at radius 2 is 1.83 bits per heavy atom. The molecule has 2 N–H and O–H groups in total. The van der Waals surface area contributed by atoms with Crippen molar-refractivity contribution in [1.29, 1.82) is 0 Å². The Morgan fingerprint density at radius 3 is 2.43 bits per heavy atom. The molecule has 1 aliphatic heterocycles. The summed E-state index contributed by atoms with van der Waals surface area (Å²) in [5.41, 5.74) is 2.21. The van der Waals surface area contributed by atoms with E-state index in [4.69, 9.17) is 0 Å². The van der Waals surface area contributed by atoms with Crippen molar-refractivity contribution in [1.82, 2.24) is 14.9 Å². The van der Waals surface area contributed by atoms with Crippen molar-refractivity contribution < 1.29 is 4.79 Å². The SMILES string of the molecule is CC(=O)c1[nH]c(=O)[nH]c1CN1CCC(c2ccccc2)CC1.Cl. The van der Waals surface area contributed by atoms with Crippen LogP contribution in [0.5, 0.6) is 0 Å². The molecule has 6 heteroatoms. The molecule has 1 aliphatic rings. The molecule has 0 aliphatic carbocycles. The van der Waals surface area contributed by atoms with Gasteiger partial charge in [-0.25, -0.2) is 4.79 Å². The molecular formula is C17H22ClN3O2. The maximum atomic E-state index is 11.5. The second-order valence-electron chi connectivity index (χ2n) is 5.95. The molecule has 0 saturated carbocycles. The van der Waals surface area contributed by atoms with E-state index in [-0.39, 0.29) is 23.9 Å². The van der Waals surface area contributed by atoms with E-state index in [2.05, 4.69) is 39.1 Å². The highest BCUT2D eigenvalue weighted by molar-refractivity contribution is 5.93. The molecule has 3 rings (SSSR count). The van der Waals surface area contributed by atoms with E-state index < -0.39 is 0 Å². The number of aromatic amines is 2. The highest BCUT2D eigenvalue weighted by Crippen LogP contribution is 2.28. The highest BCUT2D eigenvalue weighted by atomic mass is 35.5. The number of nitrogens with one attached hydrogen (secondary N) is 2. The Kier molecular flexibility index (Phi) is 5.80. The predicted molar refractivity (Wildman–Crippen MR) is 92.4 cm³/mol. The fourth-order valence-corrected chi connectivity index (χ4v) is 3.21. The van der Waals surface area contributed by atoms with E-state index in [0.29, 0.717) is 23.9 Å². The summed E-state index contributed by atoms with van der Waals surface area (Å²) < 4.78 is 0. The van der Waals surface area contributed by atoms with E-state index in [9.17, 15) is 9.59 Å². The van der Waals surface area contributed by atoms with Crippen LogP contribution in [0.25, 0.3) is 0 Å². The quantitative estimate of drug-likeness (QED) is 0.844. The lowest BCUT2D eigenvalue weighted by atomic mass is 9.89. The van der Waals surface area contributed by atoms with Crippen molar-refractivity contribution >= 4 is 18.2 Å². The zero-order valence-corrected chi connectivity index (χ0v) is 14.0. The fraction of sp³-hybridized carbons (Fsp3) is 0.412. The molecule has 2 aromatic rings. The first kappa shape index (κ1) is 17.5. The average molecular weight is 336 g/mol. The van der Waals surface area contributed by atoms with E-state index in [0.717, 1.165) is 25.9 Å². The maximum absolute atomic E-state index is 11.5. The third-order valence-corrected chi connectivity index (χ3v) is 4.40. The summed E-state index contributed by atoms with van der Waals surface area (Å²) in [6, 6.07) is 10.6. The molecule has 1 fully saturated rings. The molecule has 0 unspecified atom stereocenters. The van der Waals surface area contributed by atoms with Gasteiger partial charge in [-0.3, -0.25) is 9.69 Å². The van der Waals surface area contributed by atoms with E-state index in [1.54, 1.807) is 0 Å². The molecule has 5 nitrogen and oxygen atoms in total. The number of rotatable bonds is 4. The number of piperidine rings is 1. The van der Waals surface area contributed by atoms with Gasteiger partial charge in [0.2, 0.25) is 0 Å². The maximum Gasteiger partial charge on any atom is 0.323 e. The fourth-order valence-electron chi connectivity index (χ4n) is 3.21. The summed E-state index contributed by atoms with van der Waals surface area (Å²) in [6.07, 6.45) is 2.21. The van der Waals surface area contributed by atoms with Crippen LogP contribution in [0.3, 0.4) is 0 Å². The molecule has 1 aromatic heterocycles. The number of carbonyl (C=O) groups excluding carboxylic acids is 1. The number of H-pyrrole nitrogens is 2. The van der Waals surface area contributed by atoms with Gasteiger partial charge in [-0.05, 0) is 37.4 Å². The average Bonchev–Trinajstić information content (AvgIpc) is 2.90. The zero-order chi connectivity index (χ0) is 15.5. The third-order valence-electron chi connectivity index (χ3n) is 4.40. The Bertz CT molecular complexity index is 700. The number of benzene rings is 1. The Morgan fingerprint density at radius 1 is 1.17 bits per heavy atom. The highest BCUT2D eigenvalue weighted by Gasteiger charge is 2.22. The number of imidazole rings is 1. The number of aromatic nitrogens is 2. The topological polar surface area (TPSA) is 69.0 Å². The molecule has 124 valence electrons. The van der Waals surface area contributed by atoms with Crippen molar-refractivity contribution in [2.24, 2.45) is 0 Å². The predicted octanol–water partition coefficient (Wildman–Crippen LogP) is 2.71. The lowest BCUT2D eigenvalue weighted by Gasteiger charge is -2.32. The number of nitrogens with zero attached hydrogens (tertiary/aromatic N) is 1. The number of ketones is 1. The van der Waals surface area contributed by atoms with Crippen molar-refractivity contribution in [2.75, 3.05) is 13.1 Å². The normalized spacial score (nSPS) is 16.0. The number of Topliss-reactive ketones (excluding diaryl/α,β-unsaturated/α-hetero) is 1. The van der Waals surface area contributed by atoms with Crippen LogP contribution in [0.15, 0.2) is 35.1 Å². The van der Waals surface area contributed by atoms with E-state index in [1.807, 2.05) is 6.07 Å². The molecule has 1 saturated heterocycles. The minimum atomic E-state index is -0.306. The second-order valence-corrected chi connectivity index (χ2v) is 5.95. The van der Waals surface area contributed by atoms with Crippen LogP contribution in [0.4, 0.5) is 0 Å². The number of hydrogen-bond donors (Lipinski definition) is 2. The Labute approximate surface area is 141 Å². The zero-order valence-electron chi connectivity index (χ0n) is 13.2. The largest absolute Gasteiger partial charge is 0.323 e. The smallest absolute Gasteiger partial charge is 0.308 e. The minimum Gasteiger partial charge on any atom is -0.308 e. The first-order valence-electron chi connectivity index (χ1n) is 7.73. The van der Waals surface area contributed by atoms with Crippen LogP contribution in [0, 0.1) is 0 Å². The summed E-state index contributed by atoms with van der Waals surface area (Å²) in [5.74, 6) is 0.502. The molecule has 2 heterocycles. The van der Waals surface area contributed by atoms with Crippen LogP contribution in [0.1, 0.15) is 47.4 Å². The van der Waals surface area contributed by atoms with Crippen LogP contribution < -0.4 is 5.69 Å². The van der Waals surface area contributed by atoms with Gasteiger partial charge in [0.1, 0.15) is 5.69 Å². The summed E-state index contributed by atoms with van der Waals surface area (Å²) in [7, 11) is 0. The van der Waals surface area contributed by atoms with Crippen LogP contribution >= 0.6 is 12.4 Å². The van der Waals surface area contributed by atoms with Crippen molar-refractivity contribution in [3.8, 4) is 0 Å². The lowest BCUT2D eigenvalue weighted by Crippen LogP contribution is -2.33. The lowest BCUT2D eigenvalue weighted by molar-refractivity contribution is 0.101. The van der Waals surface area contributed by atoms with Gasteiger partial charge in [0, 0.05) is 13.5 Å². The van der Waals surface area contributed by atoms with Gasteiger partial charge >= 0.3 is 5.69 Å². The number of halogens is 1. The molecular weight excluding hydrogens is 314 g/mol. The Balaban J connectivity index is 0.00000192. The van der Waals surface area contributed by atoms with Crippen molar-refractivity contribution in [3.63, 3.8) is 0 Å². The summed E-state index contributed by atoms with van der Waals surface area (Å²) in [6.45, 7) is 4.05. The standard InChI is InChI=1S/C17H21N3O2.ClH/c1-12(21)16-15(18-17(22)19-16)11-20-9-7-14(8-10-20)13-5-3-2-4-6-13;/h2-6,14H,7-11H2,1H3,(H2,18,19,22);1H. The number of hydrogen-bond acceptors (Lipinski definition) is 3. The van der Waals surface area contributed by atoms with Crippen LogP contribution in [-0.2, 0) is 6.54 Å². The first-order valence-corrected chi connectivity index (χ1v) is 7.73. The van der Waals surface area contributed by atoms with Crippen molar-refractivity contribution in [2.45, 2.75) is 32.2 Å². The van der Waals surface area contributed by atoms with E-state index >= 15 is 0 Å². The van der Waals surface area contributed by atoms with Crippen LogP contribution in [0.2, 0.25) is 0 Å². The summed E-state index contributed by atoms with van der Waals surface area (Å²) in [5, 5.41) is 0. The van der Waals surface area contributed by atoms with Crippen molar-refractivity contribution in [3.05, 3.63) is 57.8 Å². The molecule has 0 spiro atoms. The number of carbonyl (C=O) groups is 1. The molecule has 0 amide bonds. The van der Waals surface area contributed by atoms with Gasteiger partial charge in [-0.15, -0.1) is 12.4 Å². The van der Waals surface area contributed by atoms with Gasteiger partial charge in [0.25, 0.3) is 0 Å². The van der Waals surface area contributed by atoms with Gasteiger partial charge in [-0.2, -0.15) is 0 Å². The van der Waals surface area contributed by atoms with Gasteiger partial charge in [0.15, 0.2) is 5.78 Å². The molecule has 0 atom stereocenters. The molecule has 0 radical (unpaired) electrons. The molecule has 23 heavy (non-hydrogen) atoms. The van der Waals surface area contributed by atoms with Gasteiger partial charge in [-0.1, -0.05) is 30.3 Å². The summed E-state index contributed by atoms with van der Waals surface area (Å²) >= 11 is 0. The molecule has 0 bridgehead atoms. The third kappa shape index (κ3) is 4.12. The minimum absolute atomic E-state index is 0. The second kappa shape index (κ2) is 7.62. The van der Waals surface area contributed by atoms with Gasteiger partial charge in [0.05, 0.1) is 5.69 Å². The molecule has 1 aromatic carbocycles. The van der Waals surface area contributed by atoms with Crippen LogP contribution in [-0.4, -0.2) is 33.7 Å². The number of likely N-dealkylation sites (tertiary alicyclic amines) is 1. The summed E-state index contributed by atoms with van der Waals surface area (Å²) in [4.78, 5) is 30.6. The van der Waals surface area contributed by atoms with Gasteiger partial charge < -0.3 is 9.97 Å². The van der Waals surface area contributed by atoms with E-state index in [1.165, 1.54) is 12.5 Å². The monoisotopic (exact) mass is 335 g/mol. The first-order chi connectivity index (χ1) is 10.6.